The number of hydrogen-bond acceptors (Lipinski definition) is 7. The average Bonchev–Trinajstić information content (AvgIpc) is 2.99. The third-order valence-electron chi connectivity index (χ3n) is 6.26. The molecule has 0 saturated carbocycles. The number of hydrogen-bond donors (Lipinski definition) is 3. The van der Waals surface area contributed by atoms with Crippen LogP contribution in [0.3, 0.4) is 0 Å². The lowest BCUT2D eigenvalue weighted by molar-refractivity contribution is -0.215. The van der Waals surface area contributed by atoms with E-state index < -0.39 is 29.9 Å². The van der Waals surface area contributed by atoms with E-state index in [9.17, 15) is 20.1 Å². The molecule has 158 valence electrons. The van der Waals surface area contributed by atoms with E-state index in [2.05, 4.69) is 11.8 Å². The van der Waals surface area contributed by atoms with Crippen molar-refractivity contribution in [1.82, 2.24) is 4.90 Å². The van der Waals surface area contributed by atoms with E-state index >= 15 is 0 Å². The zero-order valence-corrected chi connectivity index (χ0v) is 18.1. The van der Waals surface area contributed by atoms with Crippen molar-refractivity contribution in [1.29, 1.82) is 0 Å². The van der Waals surface area contributed by atoms with Crippen LogP contribution in [-0.4, -0.2) is 81.7 Å². The van der Waals surface area contributed by atoms with E-state index in [0.29, 0.717) is 12.3 Å². The minimum Gasteiger partial charge on any atom is -0.388 e. The smallest absolute Gasteiger partial charge is 0.150 e. The molecule has 3 N–H and O–H groups in total. The van der Waals surface area contributed by atoms with E-state index in [4.69, 9.17) is 4.74 Å². The van der Waals surface area contributed by atoms with Gasteiger partial charge < -0.3 is 20.1 Å². The average molecular weight is 404 g/mol. The Labute approximate surface area is 167 Å². The maximum Gasteiger partial charge on any atom is 0.150 e. The highest BCUT2D eigenvalue weighted by atomic mass is 32.2. The van der Waals surface area contributed by atoms with Gasteiger partial charge in [0, 0.05) is 13.0 Å². The van der Waals surface area contributed by atoms with Crippen molar-refractivity contribution >= 4 is 17.5 Å². The molecule has 0 aliphatic carbocycles. The van der Waals surface area contributed by atoms with Gasteiger partial charge in [0.05, 0.1) is 12.1 Å². The van der Waals surface area contributed by atoms with E-state index in [1.807, 2.05) is 20.9 Å². The number of carbonyl (C=O) groups is 1. The highest BCUT2D eigenvalue weighted by molar-refractivity contribution is 7.99. The van der Waals surface area contributed by atoms with Crippen molar-refractivity contribution in [3.63, 3.8) is 0 Å². The fraction of sp³-hybridized carbons (Fsp3) is 0.950. The van der Waals surface area contributed by atoms with Crippen LogP contribution in [0.4, 0.5) is 0 Å². The summed E-state index contributed by atoms with van der Waals surface area (Å²) < 4.78 is 5.94. The predicted octanol–water partition coefficient (Wildman–Crippen LogP) is 1.51. The summed E-state index contributed by atoms with van der Waals surface area (Å²) in [6, 6.07) is -0.0737. The first-order valence-electron chi connectivity index (χ1n) is 10.2. The number of likely N-dealkylation sites (tertiary alicyclic amines) is 1. The lowest BCUT2D eigenvalue weighted by atomic mass is 9.79. The van der Waals surface area contributed by atoms with Gasteiger partial charge in [-0.2, -0.15) is 0 Å². The van der Waals surface area contributed by atoms with Crippen LogP contribution in [-0.2, 0) is 9.53 Å². The minimum atomic E-state index is -1.26. The summed E-state index contributed by atoms with van der Waals surface area (Å²) in [7, 11) is 2.01. The second-order valence-electron chi connectivity index (χ2n) is 8.60. The van der Waals surface area contributed by atoms with Crippen LogP contribution in [0.15, 0.2) is 0 Å². The third-order valence-corrected chi connectivity index (χ3v) is 7.11. The Bertz CT molecular complexity index is 489. The molecule has 2 saturated heterocycles. The van der Waals surface area contributed by atoms with E-state index in [1.165, 1.54) is 11.8 Å². The Kier molecular flexibility index (Phi) is 8.58. The first-order valence-corrected chi connectivity index (χ1v) is 11.4. The van der Waals surface area contributed by atoms with Gasteiger partial charge in [-0.25, -0.2) is 0 Å². The quantitative estimate of drug-likeness (QED) is 0.566. The van der Waals surface area contributed by atoms with E-state index in [-0.39, 0.29) is 23.7 Å². The molecule has 0 bridgehead atoms. The van der Waals surface area contributed by atoms with Gasteiger partial charge >= 0.3 is 0 Å². The van der Waals surface area contributed by atoms with Gasteiger partial charge in [0.15, 0.2) is 0 Å². The van der Waals surface area contributed by atoms with Gasteiger partial charge in [-0.05, 0) is 43.9 Å². The largest absolute Gasteiger partial charge is 0.388 e. The van der Waals surface area contributed by atoms with Gasteiger partial charge in [0.25, 0.3) is 0 Å². The van der Waals surface area contributed by atoms with E-state index in [1.54, 1.807) is 6.26 Å². The summed E-state index contributed by atoms with van der Waals surface area (Å²) in [5, 5.41) is 30.8. The van der Waals surface area contributed by atoms with Crippen molar-refractivity contribution in [2.75, 3.05) is 19.8 Å². The molecule has 0 amide bonds. The monoisotopic (exact) mass is 403 g/mol. The van der Waals surface area contributed by atoms with Crippen LogP contribution >= 0.6 is 11.8 Å². The lowest BCUT2D eigenvalue weighted by Gasteiger charge is -2.44. The summed E-state index contributed by atoms with van der Waals surface area (Å²) in [6.07, 6.45) is 1.03. The number of ether oxygens (including phenoxy) is 1. The predicted molar refractivity (Wildman–Crippen MR) is 108 cm³/mol. The molecule has 0 spiro atoms. The number of thioether (sulfide) groups is 1. The molecule has 2 aliphatic rings. The summed E-state index contributed by atoms with van der Waals surface area (Å²) in [6.45, 7) is 7.15. The van der Waals surface area contributed by atoms with Gasteiger partial charge in [-0.15, -0.1) is 11.8 Å². The Morgan fingerprint density at radius 1 is 1.22 bits per heavy atom. The first-order chi connectivity index (χ1) is 12.7. The lowest BCUT2D eigenvalue weighted by Crippen LogP contribution is -2.59. The molecule has 2 fully saturated rings. The van der Waals surface area contributed by atoms with Crippen molar-refractivity contribution in [3.8, 4) is 0 Å². The number of ketones is 1. The van der Waals surface area contributed by atoms with Gasteiger partial charge in [-0.3, -0.25) is 9.69 Å². The number of likely N-dealkylation sites (N-methyl/N-ethyl adjacent to an activating group) is 1. The van der Waals surface area contributed by atoms with Gasteiger partial charge in [-0.1, -0.05) is 27.2 Å². The minimum absolute atomic E-state index is 0.0737. The number of nitrogens with zero attached hydrogens (tertiary/aromatic N) is 1. The fourth-order valence-electron chi connectivity index (χ4n) is 4.62. The summed E-state index contributed by atoms with van der Waals surface area (Å²) >= 11 is 1.31. The number of Topliss-reactive ketones (excluding diaryl/α,β-unsaturated/α-hetero) is 1. The maximum atomic E-state index is 13.1. The molecule has 2 heterocycles. The number of aliphatic hydroxyl groups excluding tert-OH is 3. The van der Waals surface area contributed by atoms with Gasteiger partial charge in [0.2, 0.25) is 0 Å². The number of carbonyl (C=O) groups excluding carboxylic acids is 1. The second kappa shape index (κ2) is 10.0. The van der Waals surface area contributed by atoms with Crippen LogP contribution in [0.5, 0.6) is 0 Å². The van der Waals surface area contributed by atoms with Crippen molar-refractivity contribution in [2.24, 2.45) is 17.8 Å². The van der Waals surface area contributed by atoms with Gasteiger partial charge in [0.1, 0.15) is 29.5 Å². The van der Waals surface area contributed by atoms with Crippen LogP contribution < -0.4 is 0 Å². The molecule has 7 heteroatoms. The molecule has 8 atom stereocenters. The van der Waals surface area contributed by atoms with Crippen LogP contribution in [0, 0.1) is 17.8 Å². The SMILES string of the molecule is CCC[C@@H]1CC(C(=O)C[C@H](C(C)C)C2O[C@H](SC)[C@H](O)[C@@H](O)[C@H]2O)N(C)C1. The first kappa shape index (κ1) is 23.1. The van der Waals surface area contributed by atoms with Crippen LogP contribution in [0.1, 0.15) is 46.5 Å². The molecule has 2 unspecified atom stereocenters. The molecule has 2 rings (SSSR count). The standard InChI is InChI=1S/C20H37NO5S/c1-6-7-12-8-14(21(4)10-12)15(22)9-13(11(2)3)19-17(24)16(23)18(25)20(26-19)27-5/h11-14,16-20,23-25H,6-10H2,1-5H3/t12-,13-,14?,16+,17-,18-,19?,20-/m1/s1. The molecule has 6 nitrogen and oxygen atoms in total. The van der Waals surface area contributed by atoms with Crippen molar-refractivity contribution < 1.29 is 24.9 Å². The molecular formula is C20H37NO5S. The Balaban J connectivity index is 2.09. The van der Waals surface area contributed by atoms with Crippen molar-refractivity contribution in [3.05, 3.63) is 0 Å². The molecule has 0 aromatic heterocycles. The summed E-state index contributed by atoms with van der Waals surface area (Å²) in [4.78, 5) is 15.2. The zero-order chi connectivity index (χ0) is 20.3. The number of rotatable bonds is 8. The van der Waals surface area contributed by atoms with E-state index in [0.717, 1.165) is 25.8 Å². The summed E-state index contributed by atoms with van der Waals surface area (Å²) in [5.41, 5.74) is -0.604. The van der Waals surface area contributed by atoms with Crippen LogP contribution in [0.2, 0.25) is 0 Å². The van der Waals surface area contributed by atoms with Crippen molar-refractivity contribution in [2.45, 2.75) is 82.3 Å². The highest BCUT2D eigenvalue weighted by Gasteiger charge is 2.48. The normalized spacial score (nSPS) is 39.1. The molecule has 27 heavy (non-hydrogen) atoms. The second-order valence-corrected chi connectivity index (χ2v) is 9.54. The molecule has 2 aliphatic heterocycles. The topological polar surface area (TPSA) is 90.2 Å². The number of aliphatic hydroxyl groups is 3. The molecular weight excluding hydrogens is 366 g/mol. The Morgan fingerprint density at radius 2 is 1.89 bits per heavy atom. The highest BCUT2D eigenvalue weighted by Crippen LogP contribution is 2.36. The Hall–Kier alpha value is -0.180. The third kappa shape index (κ3) is 5.25. The molecule has 0 radical (unpaired) electrons. The maximum absolute atomic E-state index is 13.1. The fourth-order valence-corrected chi connectivity index (χ4v) is 5.30. The zero-order valence-electron chi connectivity index (χ0n) is 17.2. The summed E-state index contributed by atoms with van der Waals surface area (Å²) in [5.74, 6) is 0.660. The van der Waals surface area contributed by atoms with Crippen LogP contribution in [0.25, 0.3) is 0 Å². The Morgan fingerprint density at radius 3 is 2.44 bits per heavy atom. The molecule has 0 aromatic rings. The molecule has 0 aromatic carbocycles.